The van der Waals surface area contributed by atoms with E-state index < -0.39 is 0 Å². The second-order valence-corrected chi connectivity index (χ2v) is 5.18. The molecule has 0 saturated carbocycles. The van der Waals surface area contributed by atoms with Crippen LogP contribution < -0.4 is 5.32 Å². The predicted octanol–water partition coefficient (Wildman–Crippen LogP) is 1.95. The van der Waals surface area contributed by atoms with E-state index in [0.717, 1.165) is 24.0 Å². The number of carbonyl (C=O) groups is 1. The SMILES string of the molecule is O=C(NCc1ccccc1CO)c1ncoc1C1CCCO1. The molecule has 1 saturated heterocycles. The Kier molecular flexibility index (Phi) is 4.50. The zero-order chi connectivity index (χ0) is 15.4. The number of amides is 1. The van der Waals surface area contributed by atoms with Gasteiger partial charge in [-0.15, -0.1) is 0 Å². The lowest BCUT2D eigenvalue weighted by Crippen LogP contribution is -2.25. The van der Waals surface area contributed by atoms with Crippen LogP contribution in [0.1, 0.15) is 46.3 Å². The molecular formula is C16H18N2O4. The van der Waals surface area contributed by atoms with Gasteiger partial charge in [0.2, 0.25) is 0 Å². The van der Waals surface area contributed by atoms with Crippen molar-refractivity contribution in [2.75, 3.05) is 6.61 Å². The molecule has 2 N–H and O–H groups in total. The summed E-state index contributed by atoms with van der Waals surface area (Å²) in [6, 6.07) is 7.42. The minimum absolute atomic E-state index is 0.0584. The highest BCUT2D eigenvalue weighted by atomic mass is 16.5. The van der Waals surface area contributed by atoms with Crippen molar-refractivity contribution in [1.29, 1.82) is 0 Å². The molecule has 1 unspecified atom stereocenters. The van der Waals surface area contributed by atoms with E-state index in [1.807, 2.05) is 24.3 Å². The minimum atomic E-state index is -0.299. The summed E-state index contributed by atoms with van der Waals surface area (Å²) < 4.78 is 10.9. The zero-order valence-corrected chi connectivity index (χ0v) is 12.1. The highest BCUT2D eigenvalue weighted by molar-refractivity contribution is 5.93. The van der Waals surface area contributed by atoms with Gasteiger partial charge in [0.05, 0.1) is 6.61 Å². The van der Waals surface area contributed by atoms with Crippen molar-refractivity contribution >= 4 is 5.91 Å². The first-order valence-electron chi connectivity index (χ1n) is 7.30. The lowest BCUT2D eigenvalue weighted by molar-refractivity contribution is 0.0860. The summed E-state index contributed by atoms with van der Waals surface area (Å²) in [6.45, 7) is 0.945. The number of oxazole rings is 1. The van der Waals surface area contributed by atoms with Crippen LogP contribution in [-0.4, -0.2) is 22.6 Å². The number of hydrogen-bond acceptors (Lipinski definition) is 5. The highest BCUT2D eigenvalue weighted by Gasteiger charge is 2.27. The third-order valence-electron chi connectivity index (χ3n) is 3.76. The van der Waals surface area contributed by atoms with Crippen molar-refractivity contribution in [3.8, 4) is 0 Å². The van der Waals surface area contributed by atoms with Crippen LogP contribution in [0.3, 0.4) is 0 Å². The fourth-order valence-corrected chi connectivity index (χ4v) is 2.58. The zero-order valence-electron chi connectivity index (χ0n) is 12.1. The third kappa shape index (κ3) is 3.03. The molecule has 2 heterocycles. The molecule has 1 aliphatic rings. The predicted molar refractivity (Wildman–Crippen MR) is 78.0 cm³/mol. The van der Waals surface area contributed by atoms with Gasteiger partial charge in [-0.2, -0.15) is 0 Å². The van der Waals surface area contributed by atoms with Crippen molar-refractivity contribution in [3.05, 3.63) is 53.2 Å². The molecule has 1 aliphatic heterocycles. The maximum Gasteiger partial charge on any atom is 0.273 e. The van der Waals surface area contributed by atoms with E-state index >= 15 is 0 Å². The van der Waals surface area contributed by atoms with Gasteiger partial charge in [-0.25, -0.2) is 4.98 Å². The van der Waals surface area contributed by atoms with Crippen LogP contribution in [0, 0.1) is 0 Å². The molecule has 1 fully saturated rings. The van der Waals surface area contributed by atoms with Gasteiger partial charge in [0.1, 0.15) is 6.10 Å². The smallest absolute Gasteiger partial charge is 0.273 e. The number of rotatable bonds is 5. The van der Waals surface area contributed by atoms with Crippen molar-refractivity contribution in [1.82, 2.24) is 10.3 Å². The van der Waals surface area contributed by atoms with Gasteiger partial charge in [0, 0.05) is 13.2 Å². The molecule has 0 bridgehead atoms. The summed E-state index contributed by atoms with van der Waals surface area (Å²) in [5, 5.41) is 12.1. The van der Waals surface area contributed by atoms with Crippen molar-refractivity contribution in [3.63, 3.8) is 0 Å². The van der Waals surface area contributed by atoms with E-state index in [4.69, 9.17) is 9.15 Å². The summed E-state index contributed by atoms with van der Waals surface area (Å²) in [4.78, 5) is 16.3. The van der Waals surface area contributed by atoms with Crippen LogP contribution in [0.25, 0.3) is 0 Å². The first-order valence-corrected chi connectivity index (χ1v) is 7.30. The molecule has 1 amide bonds. The monoisotopic (exact) mass is 302 g/mol. The number of nitrogens with one attached hydrogen (secondary N) is 1. The summed E-state index contributed by atoms with van der Waals surface area (Å²) in [7, 11) is 0. The van der Waals surface area contributed by atoms with E-state index in [1.54, 1.807) is 0 Å². The number of aliphatic hydroxyl groups is 1. The average Bonchev–Trinajstić information content (AvgIpc) is 3.23. The first-order chi connectivity index (χ1) is 10.8. The third-order valence-corrected chi connectivity index (χ3v) is 3.76. The fourth-order valence-electron chi connectivity index (χ4n) is 2.58. The maximum absolute atomic E-state index is 12.3. The lowest BCUT2D eigenvalue weighted by atomic mass is 10.1. The molecule has 0 radical (unpaired) electrons. The number of ether oxygens (including phenoxy) is 1. The van der Waals surface area contributed by atoms with E-state index in [-0.39, 0.29) is 24.3 Å². The molecule has 1 aromatic carbocycles. The van der Waals surface area contributed by atoms with E-state index in [9.17, 15) is 9.90 Å². The average molecular weight is 302 g/mol. The van der Waals surface area contributed by atoms with E-state index in [0.29, 0.717) is 18.9 Å². The van der Waals surface area contributed by atoms with Gasteiger partial charge in [-0.3, -0.25) is 4.79 Å². The van der Waals surface area contributed by atoms with Gasteiger partial charge in [-0.05, 0) is 24.0 Å². The van der Waals surface area contributed by atoms with Crippen LogP contribution in [0.2, 0.25) is 0 Å². The van der Waals surface area contributed by atoms with E-state index in [1.165, 1.54) is 6.39 Å². The first kappa shape index (κ1) is 14.7. The van der Waals surface area contributed by atoms with Crippen molar-refractivity contribution in [2.24, 2.45) is 0 Å². The molecule has 2 aromatic rings. The normalized spacial score (nSPS) is 17.6. The topological polar surface area (TPSA) is 84.6 Å². The van der Waals surface area contributed by atoms with Crippen LogP contribution in [0.4, 0.5) is 0 Å². The standard InChI is InChI=1S/C16H18N2O4/c19-9-12-5-2-1-4-11(12)8-17-16(20)14-15(22-10-18-14)13-6-3-7-21-13/h1-2,4-5,10,13,19H,3,6-9H2,(H,17,20). The number of aromatic nitrogens is 1. The lowest BCUT2D eigenvalue weighted by Gasteiger charge is -2.10. The Labute approximate surface area is 128 Å². The number of aliphatic hydroxyl groups excluding tert-OH is 1. The molecule has 22 heavy (non-hydrogen) atoms. The number of nitrogens with zero attached hydrogens (tertiary/aromatic N) is 1. The summed E-state index contributed by atoms with van der Waals surface area (Å²) in [5.41, 5.74) is 1.94. The van der Waals surface area contributed by atoms with Gasteiger partial charge in [0.25, 0.3) is 5.91 Å². The van der Waals surface area contributed by atoms with Gasteiger partial charge < -0.3 is 19.6 Å². The minimum Gasteiger partial charge on any atom is -0.445 e. The number of carbonyl (C=O) groups excluding carboxylic acids is 1. The molecule has 1 atom stereocenters. The van der Waals surface area contributed by atoms with Crippen LogP contribution >= 0.6 is 0 Å². The molecule has 116 valence electrons. The van der Waals surface area contributed by atoms with Crippen LogP contribution in [0.15, 0.2) is 35.1 Å². The Morgan fingerprint density at radius 1 is 1.36 bits per heavy atom. The quantitative estimate of drug-likeness (QED) is 0.882. The number of hydrogen-bond donors (Lipinski definition) is 2. The van der Waals surface area contributed by atoms with Crippen molar-refractivity contribution in [2.45, 2.75) is 32.1 Å². The van der Waals surface area contributed by atoms with Gasteiger partial charge in [0.15, 0.2) is 17.8 Å². The molecule has 3 rings (SSSR count). The Morgan fingerprint density at radius 3 is 2.91 bits per heavy atom. The molecule has 6 nitrogen and oxygen atoms in total. The highest BCUT2D eigenvalue weighted by Crippen LogP contribution is 2.30. The largest absolute Gasteiger partial charge is 0.445 e. The second-order valence-electron chi connectivity index (χ2n) is 5.18. The van der Waals surface area contributed by atoms with Gasteiger partial charge >= 0.3 is 0 Å². The Hall–Kier alpha value is -2.18. The maximum atomic E-state index is 12.3. The molecule has 0 spiro atoms. The summed E-state index contributed by atoms with van der Waals surface area (Å²) in [5.74, 6) is 0.192. The Balaban J connectivity index is 1.69. The molecule has 1 aromatic heterocycles. The van der Waals surface area contributed by atoms with E-state index in [2.05, 4.69) is 10.3 Å². The molecule has 6 heteroatoms. The Bertz CT molecular complexity index is 647. The number of benzene rings is 1. The van der Waals surface area contributed by atoms with Crippen molar-refractivity contribution < 1.29 is 19.1 Å². The Morgan fingerprint density at radius 2 is 2.18 bits per heavy atom. The van der Waals surface area contributed by atoms with Crippen LogP contribution in [-0.2, 0) is 17.9 Å². The second kappa shape index (κ2) is 6.72. The van der Waals surface area contributed by atoms with Crippen LogP contribution in [0.5, 0.6) is 0 Å². The summed E-state index contributed by atoms with van der Waals surface area (Å²) in [6.07, 6.45) is 2.88. The fraction of sp³-hybridized carbons (Fsp3) is 0.375. The summed E-state index contributed by atoms with van der Waals surface area (Å²) >= 11 is 0. The molecular weight excluding hydrogens is 284 g/mol. The van der Waals surface area contributed by atoms with Gasteiger partial charge in [-0.1, -0.05) is 24.3 Å². The molecule has 0 aliphatic carbocycles.